The molecule has 0 saturated carbocycles. The van der Waals surface area contributed by atoms with Gasteiger partial charge in [0, 0.05) is 31.9 Å². The van der Waals surface area contributed by atoms with Crippen molar-refractivity contribution in [2.75, 3.05) is 19.6 Å². The van der Waals surface area contributed by atoms with E-state index in [0.717, 1.165) is 32.1 Å². The monoisotopic (exact) mass is 393 g/mol. The lowest BCUT2D eigenvalue weighted by molar-refractivity contribution is 0.0754. The van der Waals surface area contributed by atoms with Crippen LogP contribution in [0.3, 0.4) is 0 Å². The highest BCUT2D eigenvalue weighted by Gasteiger charge is 2.32. The Hall–Kier alpha value is -2.20. The number of aromatic amines is 1. The lowest BCUT2D eigenvalue weighted by atomic mass is 10.1. The summed E-state index contributed by atoms with van der Waals surface area (Å²) in [5.41, 5.74) is 0.381. The molecule has 2 aliphatic heterocycles. The van der Waals surface area contributed by atoms with E-state index >= 15 is 0 Å². The summed E-state index contributed by atoms with van der Waals surface area (Å²) < 4.78 is 32.8. The Morgan fingerprint density at radius 1 is 1.19 bits per heavy atom. The Balaban J connectivity index is 1.55. The third-order valence-electron chi connectivity index (χ3n) is 5.24. The summed E-state index contributed by atoms with van der Waals surface area (Å²) >= 11 is 0. The highest BCUT2D eigenvalue weighted by atomic mass is 32.2. The van der Waals surface area contributed by atoms with Crippen molar-refractivity contribution < 1.29 is 17.6 Å². The number of sulfonamides is 1. The van der Waals surface area contributed by atoms with Crippen LogP contribution >= 0.6 is 0 Å². The summed E-state index contributed by atoms with van der Waals surface area (Å²) in [6.45, 7) is 3.84. The van der Waals surface area contributed by atoms with Gasteiger partial charge < -0.3 is 14.3 Å². The number of nitrogens with zero attached hydrogens (tertiary/aromatic N) is 4. The van der Waals surface area contributed by atoms with Crippen molar-refractivity contribution in [3.05, 3.63) is 18.2 Å². The van der Waals surface area contributed by atoms with Crippen LogP contribution in [0.25, 0.3) is 11.6 Å². The summed E-state index contributed by atoms with van der Waals surface area (Å²) in [5, 5.41) is 7.72. The Kier molecular flexibility index (Phi) is 4.77. The molecule has 27 heavy (non-hydrogen) atoms. The number of likely N-dealkylation sites (tertiary alicyclic amines) is 1. The van der Waals surface area contributed by atoms with E-state index in [1.54, 1.807) is 9.21 Å². The topological polar surface area (TPSA) is 112 Å². The largest absolute Gasteiger partial charge is 0.411 e. The van der Waals surface area contributed by atoms with E-state index in [2.05, 4.69) is 15.2 Å². The van der Waals surface area contributed by atoms with Gasteiger partial charge in [-0.05, 0) is 38.7 Å². The zero-order valence-electron chi connectivity index (χ0n) is 15.2. The van der Waals surface area contributed by atoms with Crippen molar-refractivity contribution in [1.82, 2.24) is 24.4 Å². The van der Waals surface area contributed by atoms with Crippen LogP contribution in [0.2, 0.25) is 0 Å². The number of piperidine rings is 1. The molecule has 1 N–H and O–H groups in total. The van der Waals surface area contributed by atoms with E-state index in [4.69, 9.17) is 4.42 Å². The standard InChI is InChI=1S/C17H23N5O4S/c1-12-6-2-3-9-22(12)27(24,25)13-10-14(18-11-13)15-19-20-16(26-15)17(23)21-7-4-5-8-21/h10-12,18H,2-9H2,1H3. The maximum atomic E-state index is 12.9. The van der Waals surface area contributed by atoms with Crippen LogP contribution in [0.4, 0.5) is 0 Å². The number of H-pyrrole nitrogens is 1. The highest BCUT2D eigenvalue weighted by molar-refractivity contribution is 7.89. The van der Waals surface area contributed by atoms with Crippen molar-refractivity contribution in [2.45, 2.75) is 50.0 Å². The quantitative estimate of drug-likeness (QED) is 0.848. The van der Waals surface area contributed by atoms with Crippen molar-refractivity contribution in [1.29, 1.82) is 0 Å². The van der Waals surface area contributed by atoms with Gasteiger partial charge in [0.1, 0.15) is 10.6 Å². The normalized spacial score (nSPS) is 21.7. The van der Waals surface area contributed by atoms with Gasteiger partial charge >= 0.3 is 11.8 Å². The van der Waals surface area contributed by atoms with Crippen LogP contribution in [0.5, 0.6) is 0 Å². The summed E-state index contributed by atoms with van der Waals surface area (Å²) in [5.74, 6) is -0.256. The van der Waals surface area contributed by atoms with Crippen molar-refractivity contribution >= 4 is 15.9 Å². The van der Waals surface area contributed by atoms with Crippen LogP contribution in [-0.4, -0.2) is 64.4 Å². The third kappa shape index (κ3) is 3.39. The van der Waals surface area contributed by atoms with E-state index in [0.29, 0.717) is 25.3 Å². The molecule has 2 saturated heterocycles. The second-order valence-corrected chi connectivity index (χ2v) is 9.01. The first-order valence-corrected chi connectivity index (χ1v) is 10.7. The maximum Gasteiger partial charge on any atom is 0.311 e. The van der Waals surface area contributed by atoms with Gasteiger partial charge in [-0.3, -0.25) is 4.79 Å². The van der Waals surface area contributed by atoms with Gasteiger partial charge in [-0.15, -0.1) is 10.2 Å². The van der Waals surface area contributed by atoms with Gasteiger partial charge in [-0.25, -0.2) is 8.42 Å². The molecule has 4 heterocycles. The zero-order valence-corrected chi connectivity index (χ0v) is 16.0. The Bertz CT molecular complexity index is 929. The molecule has 10 heteroatoms. The van der Waals surface area contributed by atoms with Gasteiger partial charge in [0.25, 0.3) is 5.89 Å². The molecule has 9 nitrogen and oxygen atoms in total. The SMILES string of the molecule is CC1CCCCN1S(=O)(=O)c1c[nH]c(-c2nnc(C(=O)N3CCCC3)o2)c1. The third-order valence-corrected chi connectivity index (χ3v) is 7.23. The average molecular weight is 393 g/mol. The van der Waals surface area contributed by atoms with Crippen molar-refractivity contribution in [3.63, 3.8) is 0 Å². The minimum atomic E-state index is -3.58. The number of hydrogen-bond acceptors (Lipinski definition) is 6. The highest BCUT2D eigenvalue weighted by Crippen LogP contribution is 2.28. The molecular formula is C17H23N5O4S. The lowest BCUT2D eigenvalue weighted by Gasteiger charge is -2.31. The number of hydrogen-bond donors (Lipinski definition) is 1. The van der Waals surface area contributed by atoms with E-state index in [1.807, 2.05) is 6.92 Å². The van der Waals surface area contributed by atoms with E-state index in [1.165, 1.54) is 12.3 Å². The first-order valence-electron chi connectivity index (χ1n) is 9.30. The number of rotatable bonds is 4. The summed E-state index contributed by atoms with van der Waals surface area (Å²) in [6, 6.07) is 1.46. The van der Waals surface area contributed by atoms with Gasteiger partial charge in [0.15, 0.2) is 0 Å². The molecule has 1 atom stereocenters. The molecule has 4 rings (SSSR count). The molecule has 0 radical (unpaired) electrons. The number of carbonyl (C=O) groups is 1. The average Bonchev–Trinajstić information content (AvgIpc) is 3.42. The Morgan fingerprint density at radius 2 is 1.93 bits per heavy atom. The van der Waals surface area contributed by atoms with Crippen LogP contribution in [-0.2, 0) is 10.0 Å². The molecular weight excluding hydrogens is 370 g/mol. The summed E-state index contributed by atoms with van der Waals surface area (Å²) in [7, 11) is -3.58. The molecule has 0 spiro atoms. The molecule has 0 aromatic carbocycles. The van der Waals surface area contributed by atoms with Gasteiger partial charge in [-0.1, -0.05) is 6.42 Å². The van der Waals surface area contributed by atoms with Crippen LogP contribution in [0.15, 0.2) is 21.6 Å². The van der Waals surface area contributed by atoms with E-state index in [9.17, 15) is 13.2 Å². The number of nitrogens with one attached hydrogen (secondary N) is 1. The molecule has 0 bridgehead atoms. The molecule has 146 valence electrons. The number of amides is 1. The van der Waals surface area contributed by atoms with Crippen molar-refractivity contribution in [3.8, 4) is 11.6 Å². The van der Waals surface area contributed by atoms with Crippen molar-refractivity contribution in [2.24, 2.45) is 0 Å². The van der Waals surface area contributed by atoms with Crippen LogP contribution in [0, 0.1) is 0 Å². The first-order chi connectivity index (χ1) is 13.0. The van der Waals surface area contributed by atoms with Crippen LogP contribution < -0.4 is 0 Å². The predicted molar refractivity (Wildman–Crippen MR) is 96.4 cm³/mol. The maximum absolute atomic E-state index is 12.9. The smallest absolute Gasteiger partial charge is 0.311 e. The minimum absolute atomic E-state index is 0.0183. The number of carbonyl (C=O) groups excluding carboxylic acids is 1. The summed E-state index contributed by atoms with van der Waals surface area (Å²) in [4.78, 5) is 17.0. The fraction of sp³-hybridized carbons (Fsp3) is 0.588. The van der Waals surface area contributed by atoms with E-state index in [-0.39, 0.29) is 28.6 Å². The number of aromatic nitrogens is 3. The van der Waals surface area contributed by atoms with Crippen LogP contribution in [0.1, 0.15) is 49.7 Å². The molecule has 1 amide bonds. The molecule has 2 aromatic heterocycles. The second-order valence-electron chi connectivity index (χ2n) is 7.12. The molecule has 2 fully saturated rings. The first kappa shape index (κ1) is 18.2. The van der Waals surface area contributed by atoms with Gasteiger partial charge in [-0.2, -0.15) is 4.31 Å². The summed E-state index contributed by atoms with van der Waals surface area (Å²) in [6.07, 6.45) is 6.15. The molecule has 2 aliphatic rings. The van der Waals surface area contributed by atoms with Gasteiger partial charge in [0.05, 0.1) is 0 Å². The molecule has 1 unspecified atom stereocenters. The predicted octanol–water partition coefficient (Wildman–Crippen LogP) is 1.86. The Morgan fingerprint density at radius 3 is 2.67 bits per heavy atom. The minimum Gasteiger partial charge on any atom is -0.411 e. The Labute approximate surface area is 157 Å². The second kappa shape index (κ2) is 7.08. The fourth-order valence-electron chi connectivity index (χ4n) is 3.69. The molecule has 2 aromatic rings. The van der Waals surface area contributed by atoms with E-state index < -0.39 is 10.0 Å². The van der Waals surface area contributed by atoms with Gasteiger partial charge in [0.2, 0.25) is 10.0 Å². The zero-order chi connectivity index (χ0) is 19.0. The fourth-order valence-corrected chi connectivity index (χ4v) is 5.38. The molecule has 0 aliphatic carbocycles. The lowest BCUT2D eigenvalue weighted by Crippen LogP contribution is -2.41.